The smallest absolute Gasteiger partial charge is 0.274 e. The first kappa shape index (κ1) is 24.1. The second-order valence-corrected chi connectivity index (χ2v) is 11.0. The van der Waals surface area contributed by atoms with Crippen molar-refractivity contribution in [1.29, 1.82) is 0 Å². The number of carbonyl (C=O) groups is 1. The van der Waals surface area contributed by atoms with Crippen molar-refractivity contribution < 1.29 is 22.7 Å². The van der Waals surface area contributed by atoms with E-state index in [4.69, 9.17) is 9.47 Å². The summed E-state index contributed by atoms with van der Waals surface area (Å²) in [6, 6.07) is 16.4. The molecule has 0 radical (unpaired) electrons. The molecule has 188 valence electrons. The molecular weight excluding hydrogens is 482 g/mol. The van der Waals surface area contributed by atoms with Crippen LogP contribution < -0.4 is 20.3 Å². The van der Waals surface area contributed by atoms with E-state index < -0.39 is 10.0 Å². The molecule has 3 aromatic rings. The number of amides is 1. The van der Waals surface area contributed by atoms with E-state index in [0.29, 0.717) is 36.7 Å². The van der Waals surface area contributed by atoms with Gasteiger partial charge in [-0.05, 0) is 73.0 Å². The molecule has 0 spiro atoms. The van der Waals surface area contributed by atoms with Gasteiger partial charge in [0.15, 0.2) is 0 Å². The fraction of sp³-hybridized carbons (Fsp3) is 0.308. The van der Waals surface area contributed by atoms with Crippen LogP contribution in [0.5, 0.6) is 11.5 Å². The molecule has 1 amide bonds. The molecule has 2 aromatic carbocycles. The highest BCUT2D eigenvalue weighted by Gasteiger charge is 2.39. The first-order valence-electron chi connectivity index (χ1n) is 11.6. The monoisotopic (exact) mass is 509 g/mol. The summed E-state index contributed by atoms with van der Waals surface area (Å²) in [4.78, 5) is 26.2. The van der Waals surface area contributed by atoms with Gasteiger partial charge in [0, 0.05) is 36.8 Å². The number of fused-ring (bicyclic) bond motifs is 4. The Morgan fingerprint density at radius 2 is 1.53 bits per heavy atom. The van der Waals surface area contributed by atoms with Crippen molar-refractivity contribution in [2.24, 2.45) is 5.92 Å². The average Bonchev–Trinajstić information content (AvgIpc) is 2.90. The topological polar surface area (TPSA) is 107 Å². The van der Waals surface area contributed by atoms with Crippen molar-refractivity contribution in [1.82, 2.24) is 8.87 Å². The normalized spacial score (nSPS) is 19.3. The van der Waals surface area contributed by atoms with Crippen molar-refractivity contribution in [3.8, 4) is 11.5 Å². The van der Waals surface area contributed by atoms with Crippen LogP contribution >= 0.6 is 0 Å². The Kier molecular flexibility index (Phi) is 6.31. The van der Waals surface area contributed by atoms with Crippen LogP contribution in [0.3, 0.4) is 0 Å². The minimum atomic E-state index is -3.68. The fourth-order valence-corrected chi connectivity index (χ4v) is 6.59. The third-order valence-corrected chi connectivity index (χ3v) is 8.71. The number of hydrogen-bond acceptors (Lipinski definition) is 6. The van der Waals surface area contributed by atoms with Gasteiger partial charge < -0.3 is 19.4 Å². The molecule has 2 aliphatic rings. The number of ether oxygens (including phenoxy) is 2. The first-order valence-corrected chi connectivity index (χ1v) is 13.1. The van der Waals surface area contributed by atoms with Gasteiger partial charge in [0.1, 0.15) is 17.2 Å². The van der Waals surface area contributed by atoms with Crippen molar-refractivity contribution in [3.63, 3.8) is 0 Å². The quantitative estimate of drug-likeness (QED) is 0.548. The minimum Gasteiger partial charge on any atom is -0.497 e. The standard InChI is InChI=1S/C26H27N3O6S/c1-34-20-5-3-18(4-6-20)25(30)27-23-11-12-24-19-13-17(15-29(24)26(23)31)14-28(16-19)36(32,33)22-9-7-21(35-2)8-10-22/h3-12,17,19H,13-16H2,1-2H3,(H,27,30)/t17-,19+/m0/s1. The highest BCUT2D eigenvalue weighted by atomic mass is 32.2. The van der Waals surface area contributed by atoms with Gasteiger partial charge in [-0.1, -0.05) is 0 Å². The SMILES string of the molecule is COc1ccc(C(=O)Nc2ccc3n(c2=O)C[C@H]2C[C@@H]3CN(S(=O)(=O)c3ccc(OC)cc3)C2)cc1. The number of carbonyl (C=O) groups excluding carboxylic acids is 1. The van der Waals surface area contributed by atoms with Crippen LogP contribution in [-0.4, -0.2) is 50.5 Å². The molecule has 1 N–H and O–H groups in total. The maximum Gasteiger partial charge on any atom is 0.274 e. The van der Waals surface area contributed by atoms with Crippen LogP contribution in [0.15, 0.2) is 70.4 Å². The predicted octanol–water partition coefficient (Wildman–Crippen LogP) is 2.93. The van der Waals surface area contributed by atoms with Gasteiger partial charge in [-0.25, -0.2) is 8.42 Å². The van der Waals surface area contributed by atoms with E-state index in [0.717, 1.165) is 12.1 Å². The number of hydrogen-bond donors (Lipinski definition) is 1. The van der Waals surface area contributed by atoms with Crippen LogP contribution in [0.4, 0.5) is 5.69 Å². The number of aromatic nitrogens is 1. The third-order valence-electron chi connectivity index (χ3n) is 6.87. The van der Waals surface area contributed by atoms with Crippen LogP contribution in [0.25, 0.3) is 0 Å². The molecule has 5 rings (SSSR count). The van der Waals surface area contributed by atoms with E-state index in [2.05, 4.69) is 5.32 Å². The Balaban J connectivity index is 1.37. The van der Waals surface area contributed by atoms with Crippen LogP contribution in [0, 0.1) is 5.92 Å². The molecule has 0 saturated carbocycles. The van der Waals surface area contributed by atoms with Crippen molar-refractivity contribution in [2.75, 3.05) is 32.6 Å². The van der Waals surface area contributed by atoms with E-state index in [-0.39, 0.29) is 33.9 Å². The van der Waals surface area contributed by atoms with E-state index in [9.17, 15) is 18.0 Å². The molecule has 3 heterocycles. The highest BCUT2D eigenvalue weighted by molar-refractivity contribution is 7.89. The Bertz CT molecular complexity index is 1450. The molecule has 36 heavy (non-hydrogen) atoms. The molecule has 2 bridgehead atoms. The Labute approximate surface area is 209 Å². The van der Waals surface area contributed by atoms with Gasteiger partial charge in [0.25, 0.3) is 11.5 Å². The van der Waals surface area contributed by atoms with Gasteiger partial charge in [0.2, 0.25) is 10.0 Å². The lowest BCUT2D eigenvalue weighted by Crippen LogP contribution is -2.49. The number of sulfonamides is 1. The van der Waals surface area contributed by atoms with Crippen molar-refractivity contribution in [2.45, 2.75) is 23.8 Å². The van der Waals surface area contributed by atoms with E-state index >= 15 is 0 Å². The lowest BCUT2D eigenvalue weighted by Gasteiger charge is -2.42. The third kappa shape index (κ3) is 4.38. The number of piperidine rings is 1. The van der Waals surface area contributed by atoms with E-state index in [1.54, 1.807) is 66.3 Å². The molecular formula is C26H27N3O6S. The van der Waals surface area contributed by atoms with Gasteiger partial charge in [-0.2, -0.15) is 4.31 Å². The molecule has 0 aliphatic carbocycles. The van der Waals surface area contributed by atoms with Gasteiger partial charge in [0.05, 0.1) is 19.1 Å². The maximum atomic E-state index is 13.3. The molecule has 2 atom stereocenters. The molecule has 1 aromatic heterocycles. The lowest BCUT2D eigenvalue weighted by molar-refractivity contribution is 0.102. The highest BCUT2D eigenvalue weighted by Crippen LogP contribution is 2.37. The first-order chi connectivity index (χ1) is 17.3. The largest absolute Gasteiger partial charge is 0.497 e. The van der Waals surface area contributed by atoms with E-state index in [1.165, 1.54) is 11.4 Å². The number of methoxy groups -OCH3 is 2. The van der Waals surface area contributed by atoms with Crippen LogP contribution in [0.2, 0.25) is 0 Å². The maximum absolute atomic E-state index is 13.3. The summed E-state index contributed by atoms with van der Waals surface area (Å²) in [7, 11) is -0.597. The molecule has 9 nitrogen and oxygen atoms in total. The molecule has 1 saturated heterocycles. The summed E-state index contributed by atoms with van der Waals surface area (Å²) in [6.45, 7) is 1.02. The summed E-state index contributed by atoms with van der Waals surface area (Å²) >= 11 is 0. The minimum absolute atomic E-state index is 0.00508. The number of nitrogens with zero attached hydrogens (tertiary/aromatic N) is 2. The summed E-state index contributed by atoms with van der Waals surface area (Å²) in [5.74, 6) is 0.727. The van der Waals surface area contributed by atoms with Gasteiger partial charge in [-0.15, -0.1) is 0 Å². The van der Waals surface area contributed by atoms with E-state index in [1.807, 2.05) is 6.07 Å². The number of rotatable bonds is 6. The Hall–Kier alpha value is -3.63. The zero-order valence-corrected chi connectivity index (χ0v) is 20.8. The summed E-state index contributed by atoms with van der Waals surface area (Å²) in [5, 5.41) is 2.71. The number of nitrogens with one attached hydrogen (secondary N) is 1. The van der Waals surface area contributed by atoms with Crippen LogP contribution in [-0.2, 0) is 16.6 Å². The lowest BCUT2D eigenvalue weighted by atomic mass is 9.84. The van der Waals surface area contributed by atoms with Crippen molar-refractivity contribution >= 4 is 21.6 Å². The molecule has 10 heteroatoms. The second-order valence-electron chi connectivity index (χ2n) is 9.07. The van der Waals surface area contributed by atoms with Crippen LogP contribution in [0.1, 0.15) is 28.4 Å². The zero-order valence-electron chi connectivity index (χ0n) is 20.0. The predicted molar refractivity (Wildman–Crippen MR) is 134 cm³/mol. The number of anilines is 1. The molecule has 0 unspecified atom stereocenters. The molecule has 1 fully saturated rings. The number of benzene rings is 2. The fourth-order valence-electron chi connectivity index (χ4n) is 5.03. The van der Waals surface area contributed by atoms with Crippen molar-refractivity contribution in [3.05, 3.63) is 82.3 Å². The summed E-state index contributed by atoms with van der Waals surface area (Å²) in [6.07, 6.45) is 0.811. The molecule has 2 aliphatic heterocycles. The van der Waals surface area contributed by atoms with Gasteiger partial charge in [-0.3, -0.25) is 9.59 Å². The summed E-state index contributed by atoms with van der Waals surface area (Å²) < 4.78 is 40.1. The van der Waals surface area contributed by atoms with Gasteiger partial charge >= 0.3 is 0 Å². The summed E-state index contributed by atoms with van der Waals surface area (Å²) in [5.41, 5.74) is 1.11. The zero-order chi connectivity index (χ0) is 25.4. The second kappa shape index (κ2) is 9.44. The average molecular weight is 510 g/mol. The number of pyridine rings is 1. The Morgan fingerprint density at radius 1 is 0.889 bits per heavy atom. The Morgan fingerprint density at radius 3 is 2.17 bits per heavy atom.